The van der Waals surface area contributed by atoms with Crippen LogP contribution in [0.4, 0.5) is 4.39 Å². The fourth-order valence-corrected chi connectivity index (χ4v) is 3.42. The van der Waals surface area contributed by atoms with Gasteiger partial charge in [0.05, 0.1) is 14.2 Å². The molecule has 0 bridgehead atoms. The van der Waals surface area contributed by atoms with Gasteiger partial charge in [0.1, 0.15) is 35.3 Å². The lowest BCUT2D eigenvalue weighted by molar-refractivity contribution is -0.0158. The van der Waals surface area contributed by atoms with Crippen LogP contribution in [0.5, 0.6) is 17.2 Å². The minimum atomic E-state index is -0.645. The molecule has 5 nitrogen and oxygen atoms in total. The molecule has 0 unspecified atom stereocenters. The van der Waals surface area contributed by atoms with Crippen molar-refractivity contribution in [3.05, 3.63) is 53.8 Å². The summed E-state index contributed by atoms with van der Waals surface area (Å²) in [5.41, 5.74) is 0.993. The highest BCUT2D eigenvalue weighted by atomic mass is 19.1. The Morgan fingerprint density at radius 3 is 2.48 bits per heavy atom. The summed E-state index contributed by atoms with van der Waals surface area (Å²) in [7, 11) is 3.24. The summed E-state index contributed by atoms with van der Waals surface area (Å²) in [5, 5.41) is 14.1. The summed E-state index contributed by atoms with van der Waals surface area (Å²) in [5.74, 6) is 1.74. The van der Waals surface area contributed by atoms with Crippen molar-refractivity contribution >= 4 is 0 Å². The van der Waals surface area contributed by atoms with Gasteiger partial charge in [0.15, 0.2) is 0 Å². The smallest absolute Gasteiger partial charge is 0.127 e. The van der Waals surface area contributed by atoms with Crippen LogP contribution in [-0.2, 0) is 6.54 Å². The average Bonchev–Trinajstić information content (AvgIpc) is 2.70. The third-order valence-corrected chi connectivity index (χ3v) is 4.95. The first-order valence-corrected chi connectivity index (χ1v) is 9.15. The van der Waals surface area contributed by atoms with E-state index in [0.717, 1.165) is 36.3 Å². The van der Waals surface area contributed by atoms with Crippen molar-refractivity contribution in [1.82, 2.24) is 5.32 Å². The largest absolute Gasteiger partial charge is 0.497 e. The molecule has 1 aliphatic rings. The van der Waals surface area contributed by atoms with Crippen LogP contribution in [0.1, 0.15) is 24.8 Å². The second-order valence-corrected chi connectivity index (χ2v) is 6.70. The molecule has 0 heterocycles. The average molecular weight is 375 g/mol. The molecule has 2 aromatic carbocycles. The van der Waals surface area contributed by atoms with Gasteiger partial charge in [0, 0.05) is 24.2 Å². The predicted octanol–water partition coefficient (Wildman–Crippen LogP) is 3.29. The van der Waals surface area contributed by atoms with E-state index in [0.29, 0.717) is 12.3 Å². The Bertz CT molecular complexity index is 737. The molecule has 2 aromatic rings. The van der Waals surface area contributed by atoms with E-state index in [9.17, 15) is 9.50 Å². The third kappa shape index (κ3) is 4.90. The fraction of sp³-hybridized carbons (Fsp3) is 0.429. The minimum absolute atomic E-state index is 0.0870. The summed E-state index contributed by atoms with van der Waals surface area (Å²) in [6.07, 6.45) is 1.61. The van der Waals surface area contributed by atoms with Crippen molar-refractivity contribution in [2.24, 2.45) is 0 Å². The zero-order chi connectivity index (χ0) is 19.2. The van der Waals surface area contributed by atoms with Gasteiger partial charge in [0.2, 0.25) is 0 Å². The number of nitrogens with one attached hydrogen (secondary N) is 1. The number of aliphatic hydroxyl groups is 1. The summed E-state index contributed by atoms with van der Waals surface area (Å²) in [4.78, 5) is 0. The molecular formula is C21H26FNO4. The zero-order valence-electron chi connectivity index (χ0n) is 15.7. The Morgan fingerprint density at radius 1 is 1.04 bits per heavy atom. The zero-order valence-corrected chi connectivity index (χ0v) is 15.7. The number of hydrogen-bond donors (Lipinski definition) is 2. The van der Waals surface area contributed by atoms with Crippen molar-refractivity contribution in [2.75, 3.05) is 14.2 Å². The second kappa shape index (κ2) is 9.06. The van der Waals surface area contributed by atoms with Crippen LogP contribution >= 0.6 is 0 Å². The molecule has 0 radical (unpaired) electrons. The first kappa shape index (κ1) is 19.5. The van der Waals surface area contributed by atoms with Crippen molar-refractivity contribution in [3.63, 3.8) is 0 Å². The maximum atomic E-state index is 13.0. The van der Waals surface area contributed by atoms with Crippen molar-refractivity contribution in [1.29, 1.82) is 0 Å². The van der Waals surface area contributed by atoms with Crippen molar-refractivity contribution < 1.29 is 23.7 Å². The molecule has 1 fully saturated rings. The number of ether oxygens (including phenoxy) is 3. The first-order valence-electron chi connectivity index (χ1n) is 9.15. The van der Waals surface area contributed by atoms with Crippen molar-refractivity contribution in [3.8, 4) is 17.2 Å². The number of methoxy groups -OCH3 is 2. The Morgan fingerprint density at radius 2 is 1.78 bits per heavy atom. The van der Waals surface area contributed by atoms with Crippen LogP contribution in [0.3, 0.4) is 0 Å². The van der Waals surface area contributed by atoms with Gasteiger partial charge in [-0.05, 0) is 49.6 Å². The molecule has 1 saturated carbocycles. The molecule has 0 spiro atoms. The molecular weight excluding hydrogens is 349 g/mol. The molecule has 2 N–H and O–H groups in total. The van der Waals surface area contributed by atoms with Gasteiger partial charge in [-0.15, -0.1) is 0 Å². The van der Waals surface area contributed by atoms with E-state index < -0.39 is 6.10 Å². The standard InChI is InChI=1S/C21H26FNO4/c1-25-17-9-6-14(20(12-17)26-2)13-23-18-4-3-5-19(21(18)24)27-16-10-7-15(22)8-11-16/h6-12,18-19,21,23-24H,3-5,13H2,1-2H3/t18-,19+,21+/m0/s1. The summed E-state index contributed by atoms with van der Waals surface area (Å²) in [6, 6.07) is 11.5. The van der Waals surface area contributed by atoms with Gasteiger partial charge >= 0.3 is 0 Å². The number of hydrogen-bond acceptors (Lipinski definition) is 5. The van der Waals surface area contributed by atoms with E-state index in [2.05, 4.69) is 5.32 Å². The summed E-state index contributed by atoms with van der Waals surface area (Å²) >= 11 is 0. The van der Waals surface area contributed by atoms with E-state index in [4.69, 9.17) is 14.2 Å². The van der Waals surface area contributed by atoms with E-state index in [1.54, 1.807) is 26.4 Å². The second-order valence-electron chi connectivity index (χ2n) is 6.70. The summed E-state index contributed by atoms with van der Waals surface area (Å²) < 4.78 is 29.6. The molecule has 146 valence electrons. The molecule has 27 heavy (non-hydrogen) atoms. The van der Waals surface area contributed by atoms with Gasteiger partial charge in [-0.2, -0.15) is 0 Å². The molecule has 3 rings (SSSR count). The maximum Gasteiger partial charge on any atom is 0.127 e. The normalized spacial score (nSPS) is 22.3. The van der Waals surface area contributed by atoms with Crippen LogP contribution in [0.2, 0.25) is 0 Å². The van der Waals surface area contributed by atoms with Crippen LogP contribution in [0.25, 0.3) is 0 Å². The summed E-state index contributed by atoms with van der Waals surface area (Å²) in [6.45, 7) is 0.568. The van der Waals surface area contributed by atoms with E-state index >= 15 is 0 Å². The van der Waals surface area contributed by atoms with Gasteiger partial charge < -0.3 is 24.6 Å². The van der Waals surface area contributed by atoms with E-state index in [1.165, 1.54) is 12.1 Å². The Labute approximate surface area is 159 Å². The van der Waals surface area contributed by atoms with Crippen LogP contribution in [0.15, 0.2) is 42.5 Å². The molecule has 3 atom stereocenters. The van der Waals surface area contributed by atoms with E-state index in [1.807, 2.05) is 18.2 Å². The Kier molecular flexibility index (Phi) is 6.53. The molecule has 6 heteroatoms. The molecule has 0 aliphatic heterocycles. The van der Waals surface area contributed by atoms with Crippen LogP contribution in [-0.4, -0.2) is 37.6 Å². The minimum Gasteiger partial charge on any atom is -0.497 e. The highest BCUT2D eigenvalue weighted by Crippen LogP contribution is 2.27. The highest BCUT2D eigenvalue weighted by Gasteiger charge is 2.33. The lowest BCUT2D eigenvalue weighted by Gasteiger charge is -2.35. The quantitative estimate of drug-likeness (QED) is 0.778. The van der Waals surface area contributed by atoms with Crippen LogP contribution < -0.4 is 19.5 Å². The van der Waals surface area contributed by atoms with Gasteiger partial charge in [0.25, 0.3) is 0 Å². The van der Waals surface area contributed by atoms with Crippen molar-refractivity contribution in [2.45, 2.75) is 44.1 Å². The Balaban J connectivity index is 1.61. The Hall–Kier alpha value is -2.31. The first-order chi connectivity index (χ1) is 13.1. The fourth-order valence-electron chi connectivity index (χ4n) is 3.42. The lowest BCUT2D eigenvalue weighted by atomic mass is 9.89. The number of rotatable bonds is 7. The topological polar surface area (TPSA) is 60.0 Å². The highest BCUT2D eigenvalue weighted by molar-refractivity contribution is 5.40. The SMILES string of the molecule is COc1ccc(CN[C@H]2CCC[C@@H](Oc3ccc(F)cc3)[C@@H]2O)c(OC)c1. The number of aliphatic hydroxyl groups excluding tert-OH is 1. The lowest BCUT2D eigenvalue weighted by Crippen LogP contribution is -2.50. The van der Waals surface area contributed by atoms with E-state index in [-0.39, 0.29) is 18.0 Å². The maximum absolute atomic E-state index is 13.0. The molecule has 1 aliphatic carbocycles. The number of halogens is 1. The third-order valence-electron chi connectivity index (χ3n) is 4.95. The monoisotopic (exact) mass is 375 g/mol. The van der Waals surface area contributed by atoms with Gasteiger partial charge in [-0.3, -0.25) is 0 Å². The van der Waals surface area contributed by atoms with Gasteiger partial charge in [-0.25, -0.2) is 4.39 Å². The molecule has 0 aromatic heterocycles. The van der Waals surface area contributed by atoms with Gasteiger partial charge in [-0.1, -0.05) is 6.07 Å². The molecule has 0 saturated heterocycles. The van der Waals surface area contributed by atoms with Crippen LogP contribution in [0, 0.1) is 5.82 Å². The molecule has 0 amide bonds. The number of benzene rings is 2. The predicted molar refractivity (Wildman–Crippen MR) is 101 cm³/mol.